The molecule has 0 spiro atoms. The Hall–Kier alpha value is -9.06. The van der Waals surface area contributed by atoms with Crippen LogP contribution in [0.1, 0.15) is 15.9 Å². The molecule has 0 bridgehead atoms. The Kier molecular flexibility index (Phi) is 17.6. The first-order valence-electron chi connectivity index (χ1n) is 24.2. The number of rotatable bonds is 19. The van der Waals surface area contributed by atoms with Crippen LogP contribution in [0.25, 0.3) is 65.8 Å². The van der Waals surface area contributed by atoms with Crippen molar-refractivity contribution in [3.05, 3.63) is 132 Å². The Bertz CT molecular complexity index is 5210. The van der Waals surface area contributed by atoms with Crippen molar-refractivity contribution < 1.29 is 110 Å². The van der Waals surface area contributed by atoms with Gasteiger partial charge in [0.05, 0.1) is 74.2 Å². The molecule has 1 radical (unpaired) electrons. The number of nitrogens with zero attached hydrogens (tertiary/aromatic N) is 12. The summed E-state index contributed by atoms with van der Waals surface area (Å²) in [7, 11) is -13.4. The maximum atomic E-state index is 12.6. The second kappa shape index (κ2) is 24.8. The number of phenolic OH excluding ortho intramolecular Hbond substituents is 2. The molecule has 38 heteroatoms. The van der Waals surface area contributed by atoms with Gasteiger partial charge in [0.2, 0.25) is 0 Å². The van der Waals surface area contributed by atoms with Crippen LogP contribution in [0.5, 0.6) is 17.2 Å². The summed E-state index contributed by atoms with van der Waals surface area (Å²) < 4.78 is 117. The number of aromatic hydroxyl groups is 2. The molecule has 9 aromatic carbocycles. The van der Waals surface area contributed by atoms with E-state index in [1.807, 2.05) is 0 Å². The van der Waals surface area contributed by atoms with Crippen LogP contribution in [0.3, 0.4) is 0 Å². The minimum Gasteiger partial charge on any atom is -0.506 e. The van der Waals surface area contributed by atoms with Crippen molar-refractivity contribution in [2.45, 2.75) is 31.4 Å². The molecule has 11 rings (SSSR count). The first kappa shape index (κ1) is 63.0. The maximum absolute atomic E-state index is 12.6. The average molecular weight is 1360 g/mol. The largest absolute Gasteiger partial charge is 0.506 e. The van der Waals surface area contributed by atoms with Gasteiger partial charge < -0.3 is 20.1 Å². The van der Waals surface area contributed by atoms with Crippen LogP contribution in [0.4, 0.5) is 34.1 Å². The zero-order valence-electron chi connectivity index (χ0n) is 44.2. The van der Waals surface area contributed by atoms with E-state index in [2.05, 4.69) is 69.8 Å². The van der Waals surface area contributed by atoms with Crippen LogP contribution in [0.15, 0.2) is 176 Å². The van der Waals surface area contributed by atoms with Gasteiger partial charge in [0.1, 0.15) is 61.2 Å². The standard InChI is InChI=1S/C51H34N12O20S5.Cu/c1-23-13-25(3-9-36(23)54-53-26-4-12-41(35(16-26)51(66)67)63-59-38-10-7-31-33(47(38)61-63)17-28(86(70,71)72)19-44(31)84-82-80-68)52-56-40-21-42(64)39(22-43(40)79-2)55-57-49-45(85-83-81-69)15-24-14-27(5-6-30(24)50(49)65)62-58-37-11-8-32-34(48(37)60-62)18-29(87(73,74)75)20-46(32)88(76,77)78;/h3-22,64-65,68-69H,1-2H3,(H,66,67)(H,70,71,72)(H,73,74,75)(H,76,77,78);. The summed E-state index contributed by atoms with van der Waals surface area (Å²) in [5.74, 6) is -2.21. The second-order valence-electron chi connectivity index (χ2n) is 18.3. The molecule has 89 heavy (non-hydrogen) atoms. The van der Waals surface area contributed by atoms with Crippen molar-refractivity contribution in [3.8, 4) is 28.6 Å². The van der Waals surface area contributed by atoms with Crippen molar-refractivity contribution in [1.82, 2.24) is 30.0 Å². The number of aromatic carboxylic acids is 1. The molecule has 32 nitrogen and oxygen atoms in total. The Morgan fingerprint density at radius 1 is 0.551 bits per heavy atom. The van der Waals surface area contributed by atoms with E-state index >= 15 is 0 Å². The molecule has 0 aliphatic heterocycles. The molecule has 0 fully saturated rings. The number of ether oxygens (including phenoxy) is 1. The number of phenols is 2. The van der Waals surface area contributed by atoms with Crippen LogP contribution in [-0.4, -0.2) is 108 Å². The first-order valence-corrected chi connectivity index (χ1v) is 30.1. The summed E-state index contributed by atoms with van der Waals surface area (Å²) in [5.41, 5.74) is 1.54. The van der Waals surface area contributed by atoms with Gasteiger partial charge in [0.15, 0.2) is 5.75 Å². The number of azo groups is 3. The van der Waals surface area contributed by atoms with Crippen molar-refractivity contribution in [3.63, 3.8) is 0 Å². The number of fused-ring (bicyclic) bond motifs is 7. The smallest absolute Gasteiger partial charge is 0.338 e. The van der Waals surface area contributed by atoms with Gasteiger partial charge >= 0.3 is 5.97 Å². The van der Waals surface area contributed by atoms with Gasteiger partial charge in [-0.3, -0.25) is 13.7 Å². The normalized spacial score (nSPS) is 12.5. The van der Waals surface area contributed by atoms with Crippen LogP contribution in [0.2, 0.25) is 0 Å². The summed E-state index contributed by atoms with van der Waals surface area (Å²) in [5, 5.41) is 102. The Morgan fingerprint density at radius 3 is 1.78 bits per heavy atom. The molecule has 8 N–H and O–H groups in total. The van der Waals surface area contributed by atoms with E-state index in [1.165, 1.54) is 79.9 Å². The molecule has 0 amide bonds. The molecular formula is C51H34CuN12O20S5. The summed E-state index contributed by atoms with van der Waals surface area (Å²) in [6.07, 6.45) is 0. The van der Waals surface area contributed by atoms with Crippen molar-refractivity contribution in [2.75, 3.05) is 7.11 Å². The van der Waals surface area contributed by atoms with Gasteiger partial charge in [-0.25, -0.2) is 15.3 Å². The number of aryl methyl sites for hydroxylation is 1. The molecule has 0 unspecified atom stereocenters. The fourth-order valence-corrected chi connectivity index (χ4v) is 12.0. The van der Waals surface area contributed by atoms with Crippen LogP contribution in [0, 0.1) is 6.92 Å². The average Bonchev–Trinajstić information content (AvgIpc) is 1.77. The van der Waals surface area contributed by atoms with Crippen LogP contribution >= 0.6 is 24.1 Å². The minimum absolute atomic E-state index is 0. The van der Waals surface area contributed by atoms with E-state index in [-0.39, 0.29) is 116 Å². The van der Waals surface area contributed by atoms with E-state index in [0.29, 0.717) is 57.9 Å². The molecule has 11 aromatic rings. The topological polar surface area (TPSA) is 463 Å². The van der Waals surface area contributed by atoms with Gasteiger partial charge in [-0.1, -0.05) is 22.2 Å². The van der Waals surface area contributed by atoms with E-state index < -0.39 is 62.5 Å². The zero-order chi connectivity index (χ0) is 62.6. The summed E-state index contributed by atoms with van der Waals surface area (Å²) in [6, 6.07) is 26.8. The molecule has 0 saturated carbocycles. The number of hydrogen-bond donors (Lipinski definition) is 8. The predicted molar refractivity (Wildman–Crippen MR) is 308 cm³/mol. The van der Waals surface area contributed by atoms with Gasteiger partial charge in [-0.05, 0) is 115 Å². The second-order valence-corrected chi connectivity index (χ2v) is 24.0. The molecular weight excluding hydrogens is 1320 g/mol. The molecule has 0 aliphatic carbocycles. The number of carboxylic acid groups (broad SMARTS) is 1. The van der Waals surface area contributed by atoms with Crippen LogP contribution < -0.4 is 4.74 Å². The SMILES string of the molecule is COc1cc(N=Nc2c(SOOO)cc3cc(-n4nc5ccc6c(S(=O)(=O)O)cc(S(=O)(=O)O)cc6c5n4)ccc3c2O)c(O)cc1N=Nc1ccc(N=Nc2ccc(-n3nc4ccc5c(SOOO)cc(S(=O)(=O)O)cc5c4n3)c(C(=O)O)c2)c(C)c1.[Cu]. The maximum Gasteiger partial charge on any atom is 0.338 e. The number of aromatic nitrogens is 6. The van der Waals surface area contributed by atoms with Gasteiger partial charge in [-0.15, -0.1) is 49.2 Å². The van der Waals surface area contributed by atoms with Gasteiger partial charge in [0.25, 0.3) is 30.4 Å². The Labute approximate surface area is 516 Å². The van der Waals surface area contributed by atoms with Crippen molar-refractivity contribution >= 4 is 149 Å². The molecule has 0 atom stereocenters. The minimum atomic E-state index is -4.99. The summed E-state index contributed by atoms with van der Waals surface area (Å²) in [6.45, 7) is 1.71. The van der Waals surface area contributed by atoms with E-state index in [9.17, 15) is 59.0 Å². The van der Waals surface area contributed by atoms with E-state index in [0.717, 1.165) is 27.8 Å². The summed E-state index contributed by atoms with van der Waals surface area (Å²) >= 11 is 0.863. The van der Waals surface area contributed by atoms with Gasteiger partial charge in [0, 0.05) is 61.0 Å². The third-order valence-electron chi connectivity index (χ3n) is 13.0. The molecule has 0 aliphatic rings. The number of benzene rings is 9. The molecule has 2 aromatic heterocycles. The van der Waals surface area contributed by atoms with Crippen molar-refractivity contribution in [1.29, 1.82) is 0 Å². The van der Waals surface area contributed by atoms with Crippen LogP contribution in [-0.2, 0) is 66.2 Å². The fraction of sp³-hybridized carbons (Fsp3) is 0.0392. The number of hydrogen-bond acceptors (Lipinski definition) is 28. The summed E-state index contributed by atoms with van der Waals surface area (Å²) in [4.78, 5) is 12.7. The zero-order valence-corrected chi connectivity index (χ0v) is 49.3. The number of carbonyl (C=O) groups is 1. The number of carboxylic acids is 1. The van der Waals surface area contributed by atoms with E-state index in [1.54, 1.807) is 31.2 Å². The van der Waals surface area contributed by atoms with Crippen molar-refractivity contribution in [2.24, 2.45) is 30.7 Å². The molecule has 0 saturated heterocycles. The Morgan fingerprint density at radius 2 is 1.13 bits per heavy atom. The third kappa shape index (κ3) is 12.8. The molecule has 2 heterocycles. The fourth-order valence-electron chi connectivity index (χ4n) is 8.98. The predicted octanol–water partition coefficient (Wildman–Crippen LogP) is 11.9. The quantitative estimate of drug-likeness (QED) is 0.00930. The first-order chi connectivity index (χ1) is 41.9. The Balaban J connectivity index is 0.00000873. The van der Waals surface area contributed by atoms with Gasteiger partial charge in [-0.2, -0.15) is 45.4 Å². The molecule has 459 valence electrons. The number of methoxy groups -OCH3 is 1. The van der Waals surface area contributed by atoms with E-state index in [4.69, 9.17) is 15.3 Å². The third-order valence-corrected chi connectivity index (χ3v) is 16.8. The monoisotopic (exact) mass is 1360 g/mol.